The lowest BCUT2D eigenvalue weighted by Gasteiger charge is -2.21. The number of rotatable bonds is 3. The molecule has 0 fully saturated rings. The molecule has 2 aromatic rings. The average Bonchev–Trinajstić information content (AvgIpc) is 2.84. The third kappa shape index (κ3) is 3.10. The summed E-state index contributed by atoms with van der Waals surface area (Å²) in [6.07, 6.45) is 2.89. The molecule has 1 atom stereocenters. The van der Waals surface area contributed by atoms with Gasteiger partial charge >= 0.3 is 0 Å². The number of ketones is 1. The Bertz CT molecular complexity index is 717. The molecular formula is C22H26O. The highest BCUT2D eigenvalue weighted by Crippen LogP contribution is 2.40. The van der Waals surface area contributed by atoms with Crippen LogP contribution in [0.4, 0.5) is 0 Å². The van der Waals surface area contributed by atoms with Crippen LogP contribution in [0, 0.1) is 0 Å². The first-order chi connectivity index (χ1) is 10.9. The van der Waals surface area contributed by atoms with Crippen LogP contribution in [0.3, 0.4) is 0 Å². The van der Waals surface area contributed by atoms with E-state index >= 15 is 0 Å². The molecular weight excluding hydrogens is 280 g/mol. The number of fused-ring (bicyclic) bond motifs is 1. The molecule has 0 saturated heterocycles. The maximum Gasteiger partial charge on any atom is 0.164 e. The number of carbonyl (C=O) groups excluding carboxylic acids is 1. The molecule has 3 rings (SSSR count). The molecule has 1 heteroatoms. The van der Waals surface area contributed by atoms with Gasteiger partial charge < -0.3 is 0 Å². The molecule has 0 aliphatic heterocycles. The van der Waals surface area contributed by atoms with Gasteiger partial charge in [0.05, 0.1) is 0 Å². The minimum atomic E-state index is 0.107. The second kappa shape index (κ2) is 5.96. The minimum Gasteiger partial charge on any atom is -0.294 e. The molecule has 0 bridgehead atoms. The van der Waals surface area contributed by atoms with Gasteiger partial charge in [-0.05, 0) is 34.1 Å². The number of aryl methyl sites for hydroxylation is 1. The van der Waals surface area contributed by atoms with Gasteiger partial charge in [0.15, 0.2) is 5.78 Å². The fourth-order valence-electron chi connectivity index (χ4n) is 3.48. The van der Waals surface area contributed by atoms with Crippen LogP contribution in [-0.2, 0) is 11.8 Å². The number of carbonyl (C=O) groups is 1. The lowest BCUT2D eigenvalue weighted by Crippen LogP contribution is -2.12. The first kappa shape index (κ1) is 16.0. The van der Waals surface area contributed by atoms with Crippen molar-refractivity contribution in [2.75, 3.05) is 0 Å². The fourth-order valence-corrected chi connectivity index (χ4v) is 3.48. The molecule has 0 saturated carbocycles. The van der Waals surface area contributed by atoms with Crippen LogP contribution < -0.4 is 0 Å². The molecule has 120 valence electrons. The fraction of sp³-hybridized carbons (Fsp3) is 0.409. The Hall–Kier alpha value is -1.89. The van der Waals surface area contributed by atoms with Crippen LogP contribution in [0.1, 0.15) is 79.1 Å². The highest BCUT2D eigenvalue weighted by molar-refractivity contribution is 6.02. The van der Waals surface area contributed by atoms with Crippen molar-refractivity contribution in [2.45, 2.75) is 58.3 Å². The zero-order valence-corrected chi connectivity index (χ0v) is 14.6. The first-order valence-electron chi connectivity index (χ1n) is 8.66. The van der Waals surface area contributed by atoms with Gasteiger partial charge in [-0.15, -0.1) is 0 Å². The van der Waals surface area contributed by atoms with Crippen molar-refractivity contribution in [2.24, 2.45) is 0 Å². The van der Waals surface area contributed by atoms with Crippen molar-refractivity contribution in [3.8, 4) is 0 Å². The number of benzene rings is 2. The topological polar surface area (TPSA) is 17.1 Å². The van der Waals surface area contributed by atoms with Crippen LogP contribution in [0.5, 0.6) is 0 Å². The Morgan fingerprint density at radius 2 is 1.74 bits per heavy atom. The Morgan fingerprint density at radius 3 is 2.35 bits per heavy atom. The Morgan fingerprint density at radius 1 is 1.04 bits per heavy atom. The normalized spacial score (nSPS) is 17.4. The summed E-state index contributed by atoms with van der Waals surface area (Å²) in [4.78, 5) is 12.4. The molecule has 1 aliphatic rings. The standard InChI is InChI=1S/C22H26O/c1-5-6-15-7-9-16(10-8-15)19-14-21(23)18-12-11-17(13-20(18)19)22(2,3)4/h7-13,19H,5-6,14H2,1-4H3. The van der Waals surface area contributed by atoms with Crippen LogP contribution in [0.15, 0.2) is 42.5 Å². The van der Waals surface area contributed by atoms with Gasteiger partial charge in [-0.2, -0.15) is 0 Å². The largest absolute Gasteiger partial charge is 0.294 e. The van der Waals surface area contributed by atoms with E-state index in [0.717, 1.165) is 12.0 Å². The van der Waals surface area contributed by atoms with Crippen molar-refractivity contribution in [1.29, 1.82) is 0 Å². The predicted octanol–water partition coefficient (Wildman–Crippen LogP) is 5.65. The Kier molecular flexibility index (Phi) is 4.14. The van der Waals surface area contributed by atoms with Crippen LogP contribution >= 0.6 is 0 Å². The molecule has 0 N–H and O–H groups in total. The van der Waals surface area contributed by atoms with Gasteiger partial charge in [0, 0.05) is 17.9 Å². The lowest BCUT2D eigenvalue weighted by atomic mass is 9.83. The van der Waals surface area contributed by atoms with Crippen molar-refractivity contribution in [1.82, 2.24) is 0 Å². The average molecular weight is 306 g/mol. The summed E-state index contributed by atoms with van der Waals surface area (Å²) < 4.78 is 0. The molecule has 2 aromatic carbocycles. The summed E-state index contributed by atoms with van der Waals surface area (Å²) in [6, 6.07) is 15.3. The van der Waals surface area contributed by atoms with E-state index in [9.17, 15) is 4.79 Å². The van der Waals surface area contributed by atoms with Gasteiger partial charge in [-0.1, -0.05) is 76.6 Å². The van der Waals surface area contributed by atoms with E-state index < -0.39 is 0 Å². The molecule has 0 aromatic heterocycles. The van der Waals surface area contributed by atoms with Gasteiger partial charge in [0.25, 0.3) is 0 Å². The summed E-state index contributed by atoms with van der Waals surface area (Å²) in [5.74, 6) is 0.499. The van der Waals surface area contributed by atoms with Crippen LogP contribution in [0.2, 0.25) is 0 Å². The molecule has 0 spiro atoms. The van der Waals surface area contributed by atoms with E-state index in [-0.39, 0.29) is 17.1 Å². The Balaban J connectivity index is 1.99. The number of hydrogen-bond acceptors (Lipinski definition) is 1. The molecule has 1 aliphatic carbocycles. The summed E-state index contributed by atoms with van der Waals surface area (Å²) in [5, 5.41) is 0. The van der Waals surface area contributed by atoms with Gasteiger partial charge in [0.2, 0.25) is 0 Å². The molecule has 1 nitrogen and oxygen atoms in total. The minimum absolute atomic E-state index is 0.107. The van der Waals surface area contributed by atoms with E-state index in [1.165, 1.54) is 28.7 Å². The molecule has 0 radical (unpaired) electrons. The highest BCUT2D eigenvalue weighted by Gasteiger charge is 2.31. The van der Waals surface area contributed by atoms with Gasteiger partial charge in [0.1, 0.15) is 0 Å². The monoisotopic (exact) mass is 306 g/mol. The Labute approximate surface area is 139 Å². The van der Waals surface area contributed by atoms with Crippen molar-refractivity contribution < 1.29 is 4.79 Å². The number of Topliss-reactive ketones (excluding diaryl/α,β-unsaturated/α-hetero) is 1. The third-order valence-electron chi connectivity index (χ3n) is 4.90. The molecule has 23 heavy (non-hydrogen) atoms. The second-order valence-electron chi connectivity index (χ2n) is 7.72. The summed E-state index contributed by atoms with van der Waals surface area (Å²) in [7, 11) is 0. The summed E-state index contributed by atoms with van der Waals surface area (Å²) in [6.45, 7) is 8.87. The van der Waals surface area contributed by atoms with Crippen molar-refractivity contribution in [3.63, 3.8) is 0 Å². The zero-order chi connectivity index (χ0) is 16.6. The quantitative estimate of drug-likeness (QED) is 0.715. The summed E-state index contributed by atoms with van der Waals surface area (Å²) in [5.41, 5.74) is 6.19. The van der Waals surface area contributed by atoms with Crippen molar-refractivity contribution in [3.05, 3.63) is 70.3 Å². The van der Waals surface area contributed by atoms with E-state index in [2.05, 4.69) is 64.1 Å². The van der Waals surface area contributed by atoms with E-state index in [1.54, 1.807) is 0 Å². The van der Waals surface area contributed by atoms with E-state index in [4.69, 9.17) is 0 Å². The smallest absolute Gasteiger partial charge is 0.164 e. The predicted molar refractivity (Wildman–Crippen MR) is 96.4 cm³/mol. The second-order valence-corrected chi connectivity index (χ2v) is 7.72. The maximum absolute atomic E-state index is 12.4. The SMILES string of the molecule is CCCc1ccc(C2CC(=O)c3ccc(C(C)(C)C)cc32)cc1. The van der Waals surface area contributed by atoms with Crippen LogP contribution in [-0.4, -0.2) is 5.78 Å². The summed E-state index contributed by atoms with van der Waals surface area (Å²) >= 11 is 0. The highest BCUT2D eigenvalue weighted by atomic mass is 16.1. The molecule has 0 heterocycles. The van der Waals surface area contributed by atoms with Crippen molar-refractivity contribution >= 4 is 5.78 Å². The number of hydrogen-bond donors (Lipinski definition) is 0. The molecule has 0 amide bonds. The van der Waals surface area contributed by atoms with E-state index in [0.29, 0.717) is 6.42 Å². The molecule has 1 unspecified atom stereocenters. The first-order valence-corrected chi connectivity index (χ1v) is 8.66. The van der Waals surface area contributed by atoms with E-state index in [1.807, 2.05) is 6.07 Å². The zero-order valence-electron chi connectivity index (χ0n) is 14.6. The maximum atomic E-state index is 12.4. The van der Waals surface area contributed by atoms with Gasteiger partial charge in [-0.3, -0.25) is 4.79 Å². The van der Waals surface area contributed by atoms with Crippen LogP contribution in [0.25, 0.3) is 0 Å². The third-order valence-corrected chi connectivity index (χ3v) is 4.90. The lowest BCUT2D eigenvalue weighted by molar-refractivity contribution is 0.0991. The van der Waals surface area contributed by atoms with Gasteiger partial charge in [-0.25, -0.2) is 0 Å².